The lowest BCUT2D eigenvalue weighted by Gasteiger charge is -1.93. The summed E-state index contributed by atoms with van der Waals surface area (Å²) in [5, 5.41) is 3.04. The van der Waals surface area contributed by atoms with Crippen molar-refractivity contribution in [2.75, 3.05) is 0 Å². The van der Waals surface area contributed by atoms with Crippen molar-refractivity contribution in [3.05, 3.63) is 41.4 Å². The van der Waals surface area contributed by atoms with E-state index in [1.807, 2.05) is 23.6 Å². The Balaban J connectivity index is 0.000000980. The van der Waals surface area contributed by atoms with Gasteiger partial charge in [-0.1, -0.05) is 30.3 Å². The molecule has 0 amide bonds. The summed E-state index contributed by atoms with van der Waals surface area (Å²) in [6.07, 6.45) is 0. The fourth-order valence-electron chi connectivity index (χ4n) is 1.11. The van der Waals surface area contributed by atoms with Gasteiger partial charge in [0.1, 0.15) is 5.01 Å². The molecule has 14 heavy (non-hydrogen) atoms. The van der Waals surface area contributed by atoms with Gasteiger partial charge in [0.05, 0.1) is 5.69 Å². The molecule has 0 atom stereocenters. The Bertz CT molecular complexity index is 386. The van der Waals surface area contributed by atoms with Crippen LogP contribution >= 0.6 is 23.7 Å². The summed E-state index contributed by atoms with van der Waals surface area (Å²) in [7, 11) is 0. The average Bonchev–Trinajstić information content (AvgIpc) is 2.67. The Morgan fingerprint density at radius 2 is 1.93 bits per heavy atom. The van der Waals surface area contributed by atoms with Crippen molar-refractivity contribution in [3.8, 4) is 10.6 Å². The van der Waals surface area contributed by atoms with E-state index in [2.05, 4.69) is 17.1 Å². The SMILES string of the molecule is Cl.NCc1csc(-c2ccccc2)n1. The molecule has 1 aromatic carbocycles. The van der Waals surface area contributed by atoms with Crippen molar-refractivity contribution in [1.29, 1.82) is 0 Å². The molecule has 0 spiro atoms. The third-order valence-corrected chi connectivity index (χ3v) is 2.72. The van der Waals surface area contributed by atoms with Gasteiger partial charge in [0.25, 0.3) is 0 Å². The number of hydrogen-bond donors (Lipinski definition) is 1. The highest BCUT2D eigenvalue weighted by Crippen LogP contribution is 2.22. The summed E-state index contributed by atoms with van der Waals surface area (Å²) in [5.41, 5.74) is 7.61. The van der Waals surface area contributed by atoms with Crippen LogP contribution in [0.2, 0.25) is 0 Å². The minimum absolute atomic E-state index is 0. The van der Waals surface area contributed by atoms with Crippen molar-refractivity contribution in [3.63, 3.8) is 0 Å². The molecule has 1 heterocycles. The van der Waals surface area contributed by atoms with Gasteiger partial charge in [0, 0.05) is 17.5 Å². The molecule has 0 aliphatic rings. The summed E-state index contributed by atoms with van der Waals surface area (Å²) in [6.45, 7) is 0.517. The number of rotatable bonds is 2. The lowest BCUT2D eigenvalue weighted by molar-refractivity contribution is 1.01. The molecule has 4 heteroatoms. The number of hydrogen-bond acceptors (Lipinski definition) is 3. The number of nitrogens with zero attached hydrogens (tertiary/aromatic N) is 1. The second-order valence-electron chi connectivity index (χ2n) is 2.71. The van der Waals surface area contributed by atoms with Gasteiger partial charge in [-0.15, -0.1) is 23.7 Å². The minimum Gasteiger partial charge on any atom is -0.325 e. The van der Waals surface area contributed by atoms with E-state index < -0.39 is 0 Å². The van der Waals surface area contributed by atoms with Gasteiger partial charge in [-0.25, -0.2) is 4.98 Å². The molecule has 0 radical (unpaired) electrons. The molecular formula is C10H11ClN2S. The van der Waals surface area contributed by atoms with Gasteiger partial charge in [-0.05, 0) is 0 Å². The molecule has 1 aromatic heterocycles. The predicted molar refractivity (Wildman–Crippen MR) is 62.7 cm³/mol. The molecule has 74 valence electrons. The van der Waals surface area contributed by atoms with Crippen LogP contribution < -0.4 is 5.73 Å². The van der Waals surface area contributed by atoms with Crippen LogP contribution in [0.25, 0.3) is 10.6 Å². The first-order chi connectivity index (χ1) is 6.40. The second kappa shape index (κ2) is 5.10. The monoisotopic (exact) mass is 226 g/mol. The van der Waals surface area contributed by atoms with Gasteiger partial charge in [0.2, 0.25) is 0 Å². The maximum Gasteiger partial charge on any atom is 0.123 e. The molecule has 0 fully saturated rings. The van der Waals surface area contributed by atoms with Gasteiger partial charge in [-0.3, -0.25) is 0 Å². The highest BCUT2D eigenvalue weighted by molar-refractivity contribution is 7.13. The molecule has 0 saturated heterocycles. The van der Waals surface area contributed by atoms with Crippen LogP contribution in [-0.4, -0.2) is 4.98 Å². The molecule has 0 aliphatic heterocycles. The Morgan fingerprint density at radius 1 is 1.21 bits per heavy atom. The van der Waals surface area contributed by atoms with Crippen molar-refractivity contribution in [2.24, 2.45) is 5.73 Å². The van der Waals surface area contributed by atoms with Crippen LogP contribution in [0.15, 0.2) is 35.7 Å². The van der Waals surface area contributed by atoms with E-state index in [4.69, 9.17) is 5.73 Å². The highest BCUT2D eigenvalue weighted by Gasteiger charge is 2.01. The Morgan fingerprint density at radius 3 is 2.50 bits per heavy atom. The Kier molecular flexibility index (Phi) is 4.07. The van der Waals surface area contributed by atoms with Crippen LogP contribution in [0.1, 0.15) is 5.69 Å². The molecule has 0 aliphatic carbocycles. The van der Waals surface area contributed by atoms with Crippen LogP contribution in [0.3, 0.4) is 0 Å². The van der Waals surface area contributed by atoms with E-state index >= 15 is 0 Å². The fourth-order valence-corrected chi connectivity index (χ4v) is 1.95. The average molecular weight is 227 g/mol. The maximum atomic E-state index is 5.49. The summed E-state index contributed by atoms with van der Waals surface area (Å²) in [6, 6.07) is 10.1. The van der Waals surface area contributed by atoms with Crippen molar-refractivity contribution in [1.82, 2.24) is 4.98 Å². The zero-order valence-electron chi connectivity index (χ0n) is 7.51. The van der Waals surface area contributed by atoms with Crippen molar-refractivity contribution in [2.45, 2.75) is 6.54 Å². The first kappa shape index (κ1) is 11.2. The smallest absolute Gasteiger partial charge is 0.123 e. The van der Waals surface area contributed by atoms with E-state index in [-0.39, 0.29) is 12.4 Å². The van der Waals surface area contributed by atoms with Crippen LogP contribution in [0.5, 0.6) is 0 Å². The Hall–Kier alpha value is -0.900. The van der Waals surface area contributed by atoms with Gasteiger partial charge in [-0.2, -0.15) is 0 Å². The maximum absolute atomic E-state index is 5.49. The van der Waals surface area contributed by atoms with Gasteiger partial charge < -0.3 is 5.73 Å². The summed E-state index contributed by atoms with van der Waals surface area (Å²) in [4.78, 5) is 4.39. The lowest BCUT2D eigenvalue weighted by atomic mass is 10.2. The molecule has 2 aromatic rings. The minimum atomic E-state index is 0. The Labute approximate surface area is 93.2 Å². The third kappa shape index (κ3) is 2.32. The number of halogens is 1. The van der Waals surface area contributed by atoms with Gasteiger partial charge >= 0.3 is 0 Å². The standard InChI is InChI=1S/C10H10N2S.ClH/c11-6-9-7-13-10(12-9)8-4-2-1-3-5-8;/h1-5,7H,6,11H2;1H. The van der Waals surface area contributed by atoms with Gasteiger partial charge in [0.15, 0.2) is 0 Å². The number of thiazole rings is 1. The number of aromatic nitrogens is 1. The summed E-state index contributed by atoms with van der Waals surface area (Å²) in [5.74, 6) is 0. The predicted octanol–water partition coefficient (Wildman–Crippen LogP) is 2.69. The molecule has 0 unspecified atom stereocenters. The largest absolute Gasteiger partial charge is 0.325 e. The van der Waals surface area contributed by atoms with Crippen LogP contribution in [-0.2, 0) is 6.54 Å². The van der Waals surface area contributed by atoms with E-state index in [1.165, 1.54) is 0 Å². The van der Waals surface area contributed by atoms with E-state index in [0.29, 0.717) is 6.54 Å². The van der Waals surface area contributed by atoms with E-state index in [1.54, 1.807) is 11.3 Å². The first-order valence-corrected chi connectivity index (χ1v) is 4.98. The van der Waals surface area contributed by atoms with Crippen LogP contribution in [0, 0.1) is 0 Å². The molecular weight excluding hydrogens is 216 g/mol. The number of benzene rings is 1. The topological polar surface area (TPSA) is 38.9 Å². The molecule has 2 nitrogen and oxygen atoms in total. The molecule has 0 bridgehead atoms. The molecule has 2 N–H and O–H groups in total. The first-order valence-electron chi connectivity index (χ1n) is 4.10. The zero-order chi connectivity index (χ0) is 9.10. The quantitative estimate of drug-likeness (QED) is 0.855. The van der Waals surface area contributed by atoms with Crippen LogP contribution in [0.4, 0.5) is 0 Å². The second-order valence-corrected chi connectivity index (χ2v) is 3.57. The number of nitrogens with two attached hydrogens (primary N) is 1. The van der Waals surface area contributed by atoms with E-state index in [9.17, 15) is 0 Å². The normalized spacial score (nSPS) is 9.50. The summed E-state index contributed by atoms with van der Waals surface area (Å²) < 4.78 is 0. The highest BCUT2D eigenvalue weighted by atomic mass is 35.5. The fraction of sp³-hybridized carbons (Fsp3) is 0.100. The van der Waals surface area contributed by atoms with Crippen molar-refractivity contribution < 1.29 is 0 Å². The molecule has 2 rings (SSSR count). The van der Waals surface area contributed by atoms with E-state index in [0.717, 1.165) is 16.3 Å². The third-order valence-electron chi connectivity index (χ3n) is 1.78. The zero-order valence-corrected chi connectivity index (χ0v) is 9.15. The summed E-state index contributed by atoms with van der Waals surface area (Å²) >= 11 is 1.64. The lowest BCUT2D eigenvalue weighted by Crippen LogP contribution is -1.95. The van der Waals surface area contributed by atoms with Crippen molar-refractivity contribution >= 4 is 23.7 Å². The molecule has 0 saturated carbocycles.